The molecule has 1 heterocycles. The van der Waals surface area contributed by atoms with Crippen LogP contribution in [0.2, 0.25) is 0 Å². The third-order valence-electron chi connectivity index (χ3n) is 2.92. The van der Waals surface area contributed by atoms with Crippen molar-refractivity contribution in [1.29, 1.82) is 0 Å². The Hall–Kier alpha value is -1.31. The number of hydrogen-bond donors (Lipinski definition) is 1. The van der Waals surface area contributed by atoms with Crippen molar-refractivity contribution in [1.82, 2.24) is 9.97 Å². The van der Waals surface area contributed by atoms with Crippen molar-refractivity contribution in [2.45, 2.75) is 26.2 Å². The minimum atomic E-state index is -0.643. The zero-order valence-corrected chi connectivity index (χ0v) is 14.4. The van der Waals surface area contributed by atoms with Crippen LogP contribution >= 0.6 is 22.6 Å². The summed E-state index contributed by atoms with van der Waals surface area (Å²) in [5, 5.41) is 3.00. The van der Waals surface area contributed by atoms with E-state index in [1.54, 1.807) is 7.05 Å². The van der Waals surface area contributed by atoms with Gasteiger partial charge in [-0.05, 0) is 34.7 Å². The number of hydrogen-bond acceptors (Lipinski definition) is 3. The molecule has 0 saturated heterocycles. The van der Waals surface area contributed by atoms with Crippen molar-refractivity contribution in [3.8, 4) is 11.4 Å². The normalized spacial score (nSPS) is 11.6. The first-order valence-corrected chi connectivity index (χ1v) is 7.52. The summed E-state index contributed by atoms with van der Waals surface area (Å²) >= 11 is 2.18. The molecule has 0 atom stereocenters. The fraction of sp³-hybridized carbons (Fsp3) is 0.333. The van der Waals surface area contributed by atoms with Gasteiger partial charge in [0.15, 0.2) is 5.82 Å². The molecule has 0 unspecified atom stereocenters. The highest BCUT2D eigenvalue weighted by molar-refractivity contribution is 14.1. The average Bonchev–Trinajstić information content (AvgIpc) is 2.36. The van der Waals surface area contributed by atoms with E-state index in [4.69, 9.17) is 0 Å². The Labute approximate surface area is 136 Å². The molecule has 1 aromatic carbocycles. The lowest BCUT2D eigenvalue weighted by atomic mass is 9.91. The highest BCUT2D eigenvalue weighted by Crippen LogP contribution is 2.31. The van der Waals surface area contributed by atoms with Gasteiger partial charge in [0.1, 0.15) is 17.5 Å². The molecule has 0 spiro atoms. The van der Waals surface area contributed by atoms with Gasteiger partial charge in [-0.1, -0.05) is 20.8 Å². The molecule has 6 heteroatoms. The molecule has 112 valence electrons. The van der Waals surface area contributed by atoms with Gasteiger partial charge >= 0.3 is 0 Å². The van der Waals surface area contributed by atoms with Gasteiger partial charge in [0, 0.05) is 24.1 Å². The van der Waals surface area contributed by atoms with Crippen LogP contribution in [0.4, 0.5) is 14.6 Å². The minimum Gasteiger partial charge on any atom is -0.372 e. The second-order valence-electron chi connectivity index (χ2n) is 5.72. The molecular formula is C15H16F2IN3. The Morgan fingerprint density at radius 2 is 1.62 bits per heavy atom. The van der Waals surface area contributed by atoms with E-state index in [-0.39, 0.29) is 5.41 Å². The fourth-order valence-corrected chi connectivity index (χ4v) is 3.24. The molecule has 0 fully saturated rings. The molecule has 0 amide bonds. The van der Waals surface area contributed by atoms with E-state index in [9.17, 15) is 8.78 Å². The van der Waals surface area contributed by atoms with Crippen LogP contribution in [0.25, 0.3) is 11.4 Å². The van der Waals surface area contributed by atoms with Crippen LogP contribution in [-0.2, 0) is 5.41 Å². The molecule has 0 saturated carbocycles. The number of halogens is 3. The summed E-state index contributed by atoms with van der Waals surface area (Å²) < 4.78 is 27.7. The molecule has 0 aliphatic rings. The Morgan fingerprint density at radius 3 is 2.10 bits per heavy atom. The smallest absolute Gasteiger partial charge is 0.162 e. The molecule has 21 heavy (non-hydrogen) atoms. The van der Waals surface area contributed by atoms with Crippen molar-refractivity contribution in [3.05, 3.63) is 39.1 Å². The van der Waals surface area contributed by atoms with Gasteiger partial charge in [0.25, 0.3) is 0 Å². The van der Waals surface area contributed by atoms with Crippen molar-refractivity contribution >= 4 is 28.4 Å². The van der Waals surface area contributed by atoms with E-state index in [0.717, 1.165) is 15.3 Å². The van der Waals surface area contributed by atoms with Crippen LogP contribution in [0.3, 0.4) is 0 Å². The molecule has 0 aliphatic heterocycles. The number of aromatic nitrogens is 2. The van der Waals surface area contributed by atoms with Crippen molar-refractivity contribution < 1.29 is 8.78 Å². The molecule has 2 rings (SSSR count). The summed E-state index contributed by atoms with van der Waals surface area (Å²) in [5.41, 5.74) is 0.958. The highest BCUT2D eigenvalue weighted by atomic mass is 127. The Balaban J connectivity index is 2.69. The van der Waals surface area contributed by atoms with E-state index in [0.29, 0.717) is 17.2 Å². The topological polar surface area (TPSA) is 37.8 Å². The summed E-state index contributed by atoms with van der Waals surface area (Å²) in [6, 6.07) is 3.30. The number of anilines is 1. The predicted octanol–water partition coefficient (Wildman–Crippen LogP) is 4.37. The van der Waals surface area contributed by atoms with Crippen molar-refractivity contribution in [2.75, 3.05) is 12.4 Å². The fourth-order valence-electron chi connectivity index (χ4n) is 1.92. The van der Waals surface area contributed by atoms with E-state index in [2.05, 4.69) is 37.9 Å². The Kier molecular flexibility index (Phi) is 4.46. The molecule has 1 N–H and O–H groups in total. The van der Waals surface area contributed by atoms with Gasteiger partial charge in [0.05, 0.1) is 9.26 Å². The highest BCUT2D eigenvalue weighted by Gasteiger charge is 2.23. The minimum absolute atomic E-state index is 0.203. The van der Waals surface area contributed by atoms with E-state index < -0.39 is 11.6 Å². The zero-order chi connectivity index (χ0) is 15.8. The summed E-state index contributed by atoms with van der Waals surface area (Å²) in [4.78, 5) is 8.87. The molecular weight excluding hydrogens is 387 g/mol. The lowest BCUT2D eigenvalue weighted by Gasteiger charge is -2.21. The first-order valence-electron chi connectivity index (χ1n) is 6.44. The monoisotopic (exact) mass is 403 g/mol. The number of rotatable bonds is 2. The van der Waals surface area contributed by atoms with E-state index in [1.165, 1.54) is 12.1 Å². The maximum atomic E-state index is 13.4. The van der Waals surface area contributed by atoms with E-state index in [1.807, 2.05) is 20.8 Å². The lowest BCUT2D eigenvalue weighted by molar-refractivity contribution is 0.563. The lowest BCUT2D eigenvalue weighted by Crippen LogP contribution is -2.18. The number of benzene rings is 1. The molecule has 0 bridgehead atoms. The second kappa shape index (κ2) is 5.82. The summed E-state index contributed by atoms with van der Waals surface area (Å²) in [5.74, 6) is -0.329. The van der Waals surface area contributed by atoms with Gasteiger partial charge in [-0.15, -0.1) is 0 Å². The third-order valence-corrected chi connectivity index (χ3v) is 3.94. The standard InChI is InChI=1S/C15H16F2IN3/c1-15(2,3)12-11(18)14(19-4)21-13(20-12)8-5-9(16)7-10(17)6-8/h5-7H,1-4H3,(H,19,20,21). The summed E-state index contributed by atoms with van der Waals surface area (Å²) in [7, 11) is 1.76. The van der Waals surface area contributed by atoms with Crippen LogP contribution in [-0.4, -0.2) is 17.0 Å². The van der Waals surface area contributed by atoms with Crippen molar-refractivity contribution in [2.24, 2.45) is 0 Å². The average molecular weight is 403 g/mol. The molecule has 2 aromatic rings. The molecule has 1 aromatic heterocycles. The SMILES string of the molecule is CNc1nc(-c2cc(F)cc(F)c2)nc(C(C)(C)C)c1I. The van der Waals surface area contributed by atoms with Gasteiger partial charge in [-0.25, -0.2) is 18.7 Å². The number of nitrogens with one attached hydrogen (secondary N) is 1. The first-order chi connectivity index (χ1) is 9.72. The van der Waals surface area contributed by atoms with Gasteiger partial charge in [-0.2, -0.15) is 0 Å². The molecule has 3 nitrogen and oxygen atoms in total. The van der Waals surface area contributed by atoms with Crippen molar-refractivity contribution in [3.63, 3.8) is 0 Å². The van der Waals surface area contributed by atoms with Crippen LogP contribution in [0, 0.1) is 15.2 Å². The largest absolute Gasteiger partial charge is 0.372 e. The van der Waals surface area contributed by atoms with Crippen LogP contribution in [0.1, 0.15) is 26.5 Å². The Morgan fingerprint density at radius 1 is 1.05 bits per heavy atom. The summed E-state index contributed by atoms with van der Waals surface area (Å²) in [6.07, 6.45) is 0. The molecule has 0 aliphatic carbocycles. The van der Waals surface area contributed by atoms with Crippen LogP contribution in [0.5, 0.6) is 0 Å². The maximum Gasteiger partial charge on any atom is 0.162 e. The van der Waals surface area contributed by atoms with Crippen LogP contribution in [0.15, 0.2) is 18.2 Å². The molecule has 0 radical (unpaired) electrons. The predicted molar refractivity (Wildman–Crippen MR) is 88.3 cm³/mol. The van der Waals surface area contributed by atoms with Crippen LogP contribution < -0.4 is 5.32 Å². The van der Waals surface area contributed by atoms with Gasteiger partial charge in [-0.3, -0.25) is 0 Å². The maximum absolute atomic E-state index is 13.4. The van der Waals surface area contributed by atoms with Gasteiger partial charge < -0.3 is 5.32 Å². The third kappa shape index (κ3) is 3.48. The Bertz CT molecular complexity index is 661. The van der Waals surface area contributed by atoms with E-state index >= 15 is 0 Å². The zero-order valence-electron chi connectivity index (χ0n) is 12.3. The summed E-state index contributed by atoms with van der Waals surface area (Å²) in [6.45, 7) is 6.10. The quantitative estimate of drug-likeness (QED) is 0.758. The second-order valence-corrected chi connectivity index (χ2v) is 6.80. The number of nitrogens with zero attached hydrogens (tertiary/aromatic N) is 2. The van der Waals surface area contributed by atoms with Gasteiger partial charge in [0.2, 0.25) is 0 Å². The first kappa shape index (κ1) is 16.1.